The highest BCUT2D eigenvalue weighted by atomic mass is 79.9. The number of nitrogens with zero attached hydrogens (tertiary/aromatic N) is 1. The minimum absolute atomic E-state index is 0.0527. The lowest BCUT2D eigenvalue weighted by atomic mass is 10.3. The summed E-state index contributed by atoms with van der Waals surface area (Å²) in [5.41, 5.74) is 0.495. The smallest absolute Gasteiger partial charge is 0.360 e. The van der Waals surface area contributed by atoms with Crippen molar-refractivity contribution in [2.75, 3.05) is 11.9 Å². The molecule has 0 fully saturated rings. The van der Waals surface area contributed by atoms with Crippen LogP contribution in [0.4, 0.5) is 16.1 Å². The van der Waals surface area contributed by atoms with Gasteiger partial charge < -0.3 is 14.5 Å². The zero-order valence-electron chi connectivity index (χ0n) is 9.94. The van der Waals surface area contributed by atoms with Crippen LogP contribution in [-0.4, -0.2) is 17.6 Å². The van der Waals surface area contributed by atoms with Gasteiger partial charge in [0.05, 0.1) is 12.3 Å². The number of esters is 1. The molecule has 1 aromatic heterocycles. The number of hydrogen-bond donors (Lipinski definition) is 1. The van der Waals surface area contributed by atoms with Gasteiger partial charge in [-0.2, -0.15) is 4.98 Å². The Bertz CT molecular complexity index is 600. The molecule has 0 saturated carbocycles. The molecule has 19 heavy (non-hydrogen) atoms. The number of nitrogens with one attached hydrogen (secondary N) is 1. The molecular weight excluding hydrogens is 319 g/mol. The quantitative estimate of drug-likeness (QED) is 0.870. The van der Waals surface area contributed by atoms with Crippen LogP contribution >= 0.6 is 15.9 Å². The average Bonchev–Trinajstić information content (AvgIpc) is 2.83. The van der Waals surface area contributed by atoms with Crippen molar-refractivity contribution in [3.05, 3.63) is 40.4 Å². The molecule has 7 heteroatoms. The van der Waals surface area contributed by atoms with Gasteiger partial charge in [-0.15, -0.1) is 0 Å². The van der Waals surface area contributed by atoms with E-state index in [9.17, 15) is 9.18 Å². The zero-order valence-corrected chi connectivity index (χ0v) is 11.5. The summed E-state index contributed by atoms with van der Waals surface area (Å²) in [4.78, 5) is 15.3. The molecule has 0 radical (unpaired) electrons. The molecule has 0 bridgehead atoms. The van der Waals surface area contributed by atoms with E-state index in [2.05, 4.69) is 26.2 Å². The molecule has 0 atom stereocenters. The van der Waals surface area contributed by atoms with E-state index in [0.29, 0.717) is 10.2 Å². The molecule has 0 aliphatic carbocycles. The molecule has 2 rings (SSSR count). The summed E-state index contributed by atoms with van der Waals surface area (Å²) >= 11 is 3.26. The maximum absolute atomic E-state index is 13.1. The molecule has 0 aliphatic rings. The molecule has 1 heterocycles. The fourth-order valence-electron chi connectivity index (χ4n) is 1.34. The third-order valence-corrected chi connectivity index (χ3v) is 2.85. The Hall–Kier alpha value is -1.89. The first-order chi connectivity index (χ1) is 9.10. The Morgan fingerprint density at radius 3 is 3.11 bits per heavy atom. The second-order valence-electron chi connectivity index (χ2n) is 3.51. The summed E-state index contributed by atoms with van der Waals surface area (Å²) < 4.78 is 23.6. The number of oxazole rings is 1. The van der Waals surface area contributed by atoms with Crippen molar-refractivity contribution in [2.24, 2.45) is 0 Å². The van der Waals surface area contributed by atoms with Gasteiger partial charge in [0.15, 0.2) is 5.69 Å². The van der Waals surface area contributed by atoms with Gasteiger partial charge in [0.1, 0.15) is 12.1 Å². The normalized spacial score (nSPS) is 10.3. The fraction of sp³-hybridized carbons (Fsp3) is 0.167. The standard InChI is InChI=1S/C12H10BrFN2O3/c1-2-18-11(17)10-6-19-12(16-10)15-9-5-7(14)3-4-8(9)13/h3-6H,2H2,1H3,(H,15,16). The van der Waals surface area contributed by atoms with Gasteiger partial charge in [0, 0.05) is 4.47 Å². The summed E-state index contributed by atoms with van der Waals surface area (Å²) in [5, 5.41) is 2.76. The summed E-state index contributed by atoms with van der Waals surface area (Å²) in [6.45, 7) is 1.95. The van der Waals surface area contributed by atoms with E-state index in [1.54, 1.807) is 13.0 Å². The summed E-state index contributed by atoms with van der Waals surface area (Å²) in [6, 6.07) is 4.22. The molecule has 5 nitrogen and oxygen atoms in total. The van der Waals surface area contributed by atoms with E-state index < -0.39 is 11.8 Å². The number of rotatable bonds is 4. The van der Waals surface area contributed by atoms with E-state index >= 15 is 0 Å². The van der Waals surface area contributed by atoms with Gasteiger partial charge in [0.25, 0.3) is 6.01 Å². The van der Waals surface area contributed by atoms with Crippen LogP contribution in [0, 0.1) is 5.82 Å². The van der Waals surface area contributed by atoms with Gasteiger partial charge in [-0.1, -0.05) is 0 Å². The van der Waals surface area contributed by atoms with Crippen LogP contribution in [0.2, 0.25) is 0 Å². The van der Waals surface area contributed by atoms with Crippen LogP contribution in [0.5, 0.6) is 0 Å². The molecule has 0 saturated heterocycles. The number of hydrogen-bond acceptors (Lipinski definition) is 5. The molecular formula is C12H10BrFN2O3. The van der Waals surface area contributed by atoms with Crippen LogP contribution in [0.15, 0.2) is 33.4 Å². The monoisotopic (exact) mass is 328 g/mol. The first-order valence-corrected chi connectivity index (χ1v) is 6.24. The second-order valence-corrected chi connectivity index (χ2v) is 4.36. The van der Waals surface area contributed by atoms with Crippen molar-refractivity contribution < 1.29 is 18.3 Å². The maximum atomic E-state index is 13.1. The van der Waals surface area contributed by atoms with Gasteiger partial charge in [-0.25, -0.2) is 9.18 Å². The number of benzene rings is 1. The lowest BCUT2D eigenvalue weighted by Gasteiger charge is -2.04. The van der Waals surface area contributed by atoms with Crippen LogP contribution in [0.1, 0.15) is 17.4 Å². The third kappa shape index (κ3) is 3.31. The minimum atomic E-state index is -0.572. The van der Waals surface area contributed by atoms with Gasteiger partial charge in [0.2, 0.25) is 0 Å². The number of ether oxygens (including phenoxy) is 1. The number of anilines is 2. The number of halogens is 2. The van der Waals surface area contributed by atoms with Crippen LogP contribution in [0.25, 0.3) is 0 Å². The van der Waals surface area contributed by atoms with Gasteiger partial charge in [-0.3, -0.25) is 0 Å². The van der Waals surface area contributed by atoms with E-state index in [4.69, 9.17) is 9.15 Å². The van der Waals surface area contributed by atoms with E-state index in [0.717, 1.165) is 0 Å². The molecule has 100 valence electrons. The number of carbonyl (C=O) groups is 1. The molecule has 0 spiro atoms. The molecule has 1 N–H and O–H groups in total. The average molecular weight is 329 g/mol. The first-order valence-electron chi connectivity index (χ1n) is 5.45. The molecule has 0 amide bonds. The molecule has 2 aromatic rings. The van der Waals surface area contributed by atoms with Gasteiger partial charge in [-0.05, 0) is 41.1 Å². The lowest BCUT2D eigenvalue weighted by molar-refractivity contribution is 0.0519. The second kappa shape index (κ2) is 5.83. The predicted molar refractivity (Wildman–Crippen MR) is 69.8 cm³/mol. The fourth-order valence-corrected chi connectivity index (χ4v) is 1.68. The van der Waals surface area contributed by atoms with Crippen LogP contribution < -0.4 is 5.32 Å². The van der Waals surface area contributed by atoms with Crippen LogP contribution in [-0.2, 0) is 4.74 Å². The predicted octanol–water partition coefficient (Wildman–Crippen LogP) is 3.50. The topological polar surface area (TPSA) is 64.4 Å². The molecule has 0 unspecified atom stereocenters. The summed E-state index contributed by atoms with van der Waals surface area (Å²) in [6.07, 6.45) is 1.17. The minimum Gasteiger partial charge on any atom is -0.461 e. The lowest BCUT2D eigenvalue weighted by Crippen LogP contribution is -2.05. The Morgan fingerprint density at radius 2 is 2.37 bits per heavy atom. The van der Waals surface area contributed by atoms with Crippen molar-refractivity contribution in [3.8, 4) is 0 Å². The SMILES string of the molecule is CCOC(=O)c1coc(Nc2cc(F)ccc2Br)n1. The maximum Gasteiger partial charge on any atom is 0.360 e. The third-order valence-electron chi connectivity index (χ3n) is 2.16. The Kier molecular flexibility index (Phi) is 4.16. The van der Waals surface area contributed by atoms with Crippen LogP contribution in [0.3, 0.4) is 0 Å². The van der Waals surface area contributed by atoms with E-state index in [1.165, 1.54) is 18.4 Å². The highest BCUT2D eigenvalue weighted by molar-refractivity contribution is 9.10. The number of aromatic nitrogens is 1. The van der Waals surface area contributed by atoms with Gasteiger partial charge >= 0.3 is 5.97 Å². The van der Waals surface area contributed by atoms with Crippen molar-refractivity contribution in [3.63, 3.8) is 0 Å². The largest absolute Gasteiger partial charge is 0.461 e. The number of carbonyl (C=O) groups excluding carboxylic acids is 1. The van der Waals surface area contributed by atoms with Crippen molar-refractivity contribution in [1.29, 1.82) is 0 Å². The Morgan fingerprint density at radius 1 is 1.58 bits per heavy atom. The Labute approximate surface area is 116 Å². The summed E-state index contributed by atoms with van der Waals surface area (Å²) in [7, 11) is 0. The summed E-state index contributed by atoms with van der Waals surface area (Å²) in [5.74, 6) is -0.972. The van der Waals surface area contributed by atoms with E-state index in [1.807, 2.05) is 0 Å². The molecule has 1 aromatic carbocycles. The van der Waals surface area contributed by atoms with Crippen molar-refractivity contribution in [2.45, 2.75) is 6.92 Å². The highest BCUT2D eigenvalue weighted by Gasteiger charge is 2.14. The van der Waals surface area contributed by atoms with Crippen molar-refractivity contribution >= 4 is 33.6 Å². The first kappa shape index (κ1) is 13.5. The Balaban J connectivity index is 2.15. The zero-order chi connectivity index (χ0) is 13.8. The van der Waals surface area contributed by atoms with Crippen molar-refractivity contribution in [1.82, 2.24) is 4.98 Å². The van der Waals surface area contributed by atoms with E-state index in [-0.39, 0.29) is 18.3 Å². The highest BCUT2D eigenvalue weighted by Crippen LogP contribution is 2.26. The molecule has 0 aliphatic heterocycles.